The van der Waals surface area contributed by atoms with Crippen LogP contribution in [0.25, 0.3) is 0 Å². The Morgan fingerprint density at radius 3 is 2.48 bits per heavy atom. The summed E-state index contributed by atoms with van der Waals surface area (Å²) in [7, 11) is -2.98. The van der Waals surface area contributed by atoms with Gasteiger partial charge in [-0.3, -0.25) is 4.79 Å². The summed E-state index contributed by atoms with van der Waals surface area (Å²) in [6.45, 7) is 2.02. The molecule has 3 heterocycles. The monoisotopic (exact) mass is 337 g/mol. The minimum absolute atomic E-state index is 0.0397. The van der Waals surface area contributed by atoms with Gasteiger partial charge < -0.3 is 10.2 Å². The lowest BCUT2D eigenvalue weighted by Gasteiger charge is -2.21. The second-order valence-corrected chi connectivity index (χ2v) is 8.61. The van der Waals surface area contributed by atoms with Gasteiger partial charge in [0.25, 0.3) is 5.91 Å². The highest BCUT2D eigenvalue weighted by Crippen LogP contribution is 2.18. The van der Waals surface area contributed by atoms with E-state index in [-0.39, 0.29) is 23.5 Å². The van der Waals surface area contributed by atoms with E-state index in [1.54, 1.807) is 12.3 Å². The standard InChI is InChI=1S/C16H23N3O3S/c20-16(18-14-7-10-23(21,22)12-14)13-5-6-15(17-11-13)19-8-3-1-2-4-9-19/h5-6,11,14H,1-4,7-10,12H2,(H,18,20). The van der Waals surface area contributed by atoms with Crippen molar-refractivity contribution in [1.82, 2.24) is 10.3 Å². The third-order valence-electron chi connectivity index (χ3n) is 4.51. The molecule has 0 aliphatic carbocycles. The van der Waals surface area contributed by atoms with Gasteiger partial charge in [0.05, 0.1) is 17.1 Å². The molecular formula is C16H23N3O3S. The Labute approximate surface area is 137 Å². The van der Waals surface area contributed by atoms with E-state index in [1.165, 1.54) is 25.7 Å². The fraction of sp³-hybridized carbons (Fsp3) is 0.625. The number of carbonyl (C=O) groups is 1. The molecule has 0 radical (unpaired) electrons. The zero-order chi connectivity index (χ0) is 16.3. The van der Waals surface area contributed by atoms with Gasteiger partial charge in [0.2, 0.25) is 0 Å². The number of nitrogens with zero attached hydrogens (tertiary/aromatic N) is 2. The zero-order valence-corrected chi connectivity index (χ0v) is 14.0. The first kappa shape index (κ1) is 16.2. The van der Waals surface area contributed by atoms with Crippen molar-refractivity contribution in [2.24, 2.45) is 0 Å². The van der Waals surface area contributed by atoms with Crippen LogP contribution in [-0.4, -0.2) is 49.9 Å². The predicted molar refractivity (Wildman–Crippen MR) is 89.4 cm³/mol. The molecule has 0 bridgehead atoms. The summed E-state index contributed by atoms with van der Waals surface area (Å²) >= 11 is 0. The number of anilines is 1. The maximum absolute atomic E-state index is 12.2. The second kappa shape index (κ2) is 6.86. The number of pyridine rings is 1. The number of carbonyl (C=O) groups excluding carboxylic acids is 1. The van der Waals surface area contributed by atoms with E-state index < -0.39 is 9.84 Å². The van der Waals surface area contributed by atoms with Crippen LogP contribution in [0.4, 0.5) is 5.82 Å². The van der Waals surface area contributed by atoms with Crippen molar-refractivity contribution in [2.75, 3.05) is 29.5 Å². The molecule has 1 aromatic rings. The molecule has 3 rings (SSSR count). The van der Waals surface area contributed by atoms with E-state index in [0.29, 0.717) is 12.0 Å². The number of rotatable bonds is 3. The number of amides is 1. The molecule has 126 valence electrons. The van der Waals surface area contributed by atoms with Crippen LogP contribution in [0.5, 0.6) is 0 Å². The molecule has 1 N–H and O–H groups in total. The van der Waals surface area contributed by atoms with Gasteiger partial charge in [0, 0.05) is 25.3 Å². The highest BCUT2D eigenvalue weighted by Gasteiger charge is 2.29. The fourth-order valence-corrected chi connectivity index (χ4v) is 4.86. The predicted octanol–water partition coefficient (Wildman–Crippen LogP) is 1.38. The van der Waals surface area contributed by atoms with Gasteiger partial charge in [-0.2, -0.15) is 0 Å². The SMILES string of the molecule is O=C(NC1CCS(=O)(=O)C1)c1ccc(N2CCCCCC2)nc1. The minimum Gasteiger partial charge on any atom is -0.357 e. The van der Waals surface area contributed by atoms with Crippen LogP contribution >= 0.6 is 0 Å². The number of hydrogen-bond acceptors (Lipinski definition) is 5. The number of sulfone groups is 1. The van der Waals surface area contributed by atoms with Gasteiger partial charge in [-0.25, -0.2) is 13.4 Å². The molecule has 0 aromatic carbocycles. The minimum atomic E-state index is -2.98. The quantitative estimate of drug-likeness (QED) is 0.901. The zero-order valence-electron chi connectivity index (χ0n) is 13.2. The summed E-state index contributed by atoms with van der Waals surface area (Å²) in [5.41, 5.74) is 0.480. The topological polar surface area (TPSA) is 79.4 Å². The Morgan fingerprint density at radius 2 is 1.91 bits per heavy atom. The highest BCUT2D eigenvalue weighted by molar-refractivity contribution is 7.91. The van der Waals surface area contributed by atoms with E-state index in [9.17, 15) is 13.2 Å². The van der Waals surface area contributed by atoms with Crippen molar-refractivity contribution < 1.29 is 13.2 Å². The van der Waals surface area contributed by atoms with Crippen LogP contribution in [0.1, 0.15) is 42.5 Å². The molecular weight excluding hydrogens is 314 g/mol. The maximum Gasteiger partial charge on any atom is 0.253 e. The highest BCUT2D eigenvalue weighted by atomic mass is 32.2. The molecule has 1 unspecified atom stereocenters. The Hall–Kier alpha value is -1.63. The normalized spacial score (nSPS) is 24.2. The molecule has 6 nitrogen and oxygen atoms in total. The third kappa shape index (κ3) is 4.22. The summed E-state index contributed by atoms with van der Waals surface area (Å²) in [4.78, 5) is 18.9. The lowest BCUT2D eigenvalue weighted by Crippen LogP contribution is -2.35. The molecule has 7 heteroatoms. The molecule has 2 fully saturated rings. The van der Waals surface area contributed by atoms with E-state index in [4.69, 9.17) is 0 Å². The van der Waals surface area contributed by atoms with Gasteiger partial charge in [-0.15, -0.1) is 0 Å². The van der Waals surface area contributed by atoms with E-state index >= 15 is 0 Å². The van der Waals surface area contributed by atoms with Crippen molar-refractivity contribution in [2.45, 2.75) is 38.1 Å². The van der Waals surface area contributed by atoms with Crippen LogP contribution < -0.4 is 10.2 Å². The van der Waals surface area contributed by atoms with Crippen molar-refractivity contribution in [3.05, 3.63) is 23.9 Å². The van der Waals surface area contributed by atoms with Gasteiger partial charge in [0.15, 0.2) is 9.84 Å². The molecule has 1 atom stereocenters. The van der Waals surface area contributed by atoms with Crippen LogP contribution in [0.15, 0.2) is 18.3 Å². The summed E-state index contributed by atoms with van der Waals surface area (Å²) in [5.74, 6) is 0.858. The second-order valence-electron chi connectivity index (χ2n) is 6.38. The van der Waals surface area contributed by atoms with Gasteiger partial charge >= 0.3 is 0 Å². The first-order chi connectivity index (χ1) is 11.0. The van der Waals surface area contributed by atoms with Crippen LogP contribution in [0, 0.1) is 0 Å². The van der Waals surface area contributed by atoms with Crippen molar-refractivity contribution in [1.29, 1.82) is 0 Å². The Bertz CT molecular complexity index is 650. The Kier molecular flexibility index (Phi) is 4.84. The molecule has 1 amide bonds. The van der Waals surface area contributed by atoms with Crippen molar-refractivity contribution >= 4 is 21.6 Å². The van der Waals surface area contributed by atoms with E-state index in [0.717, 1.165) is 18.9 Å². The summed E-state index contributed by atoms with van der Waals surface area (Å²) < 4.78 is 22.9. The molecule has 2 aliphatic heterocycles. The van der Waals surface area contributed by atoms with E-state index in [1.807, 2.05) is 6.07 Å². The van der Waals surface area contributed by atoms with Gasteiger partial charge in [-0.1, -0.05) is 12.8 Å². The summed E-state index contributed by atoms with van der Waals surface area (Å²) in [5, 5.41) is 2.79. The lowest BCUT2D eigenvalue weighted by atomic mass is 10.2. The molecule has 23 heavy (non-hydrogen) atoms. The molecule has 1 aromatic heterocycles. The molecule has 0 saturated carbocycles. The largest absolute Gasteiger partial charge is 0.357 e. The maximum atomic E-state index is 12.2. The number of hydrogen-bond donors (Lipinski definition) is 1. The average Bonchev–Trinajstić information content (AvgIpc) is 2.75. The molecule has 2 saturated heterocycles. The van der Waals surface area contributed by atoms with Gasteiger partial charge in [-0.05, 0) is 31.4 Å². The van der Waals surface area contributed by atoms with Crippen LogP contribution in [0.2, 0.25) is 0 Å². The van der Waals surface area contributed by atoms with Crippen molar-refractivity contribution in [3.63, 3.8) is 0 Å². The summed E-state index contributed by atoms with van der Waals surface area (Å²) in [6, 6.07) is 3.37. The van der Waals surface area contributed by atoms with Crippen LogP contribution in [0.3, 0.4) is 0 Å². The Morgan fingerprint density at radius 1 is 1.17 bits per heavy atom. The molecule has 2 aliphatic rings. The fourth-order valence-electron chi connectivity index (χ4n) is 3.18. The number of aromatic nitrogens is 1. The van der Waals surface area contributed by atoms with Crippen molar-refractivity contribution in [3.8, 4) is 0 Å². The molecule has 0 spiro atoms. The lowest BCUT2D eigenvalue weighted by molar-refractivity contribution is 0.0941. The van der Waals surface area contributed by atoms with E-state index in [2.05, 4.69) is 15.2 Å². The Balaban J connectivity index is 1.61. The smallest absolute Gasteiger partial charge is 0.253 e. The number of nitrogens with one attached hydrogen (secondary N) is 1. The van der Waals surface area contributed by atoms with Crippen LogP contribution in [-0.2, 0) is 9.84 Å². The first-order valence-electron chi connectivity index (χ1n) is 8.26. The summed E-state index contributed by atoms with van der Waals surface area (Å²) in [6.07, 6.45) is 6.97. The third-order valence-corrected chi connectivity index (χ3v) is 6.28. The first-order valence-corrected chi connectivity index (χ1v) is 10.1. The van der Waals surface area contributed by atoms with Gasteiger partial charge in [0.1, 0.15) is 5.82 Å². The average molecular weight is 337 g/mol.